The Balaban J connectivity index is 1.45. The summed E-state index contributed by atoms with van der Waals surface area (Å²) in [6.45, 7) is -1.76. The van der Waals surface area contributed by atoms with Gasteiger partial charge in [-0.2, -0.15) is 0 Å². The number of hydrogen-bond donors (Lipinski definition) is 0. The van der Waals surface area contributed by atoms with E-state index in [9.17, 15) is 113 Å². The van der Waals surface area contributed by atoms with E-state index < -0.39 is 216 Å². The van der Waals surface area contributed by atoms with Crippen LogP contribution >= 0.6 is 0 Å². The van der Waals surface area contributed by atoms with Crippen molar-refractivity contribution in [1.82, 2.24) is 0 Å². The molecular weight excluding hydrogens is 1260 g/mol. The molecule has 0 aliphatic rings. The second-order valence-electron chi connectivity index (χ2n) is 14.1. The van der Waals surface area contributed by atoms with Crippen molar-refractivity contribution in [3.8, 4) is 80.1 Å². The molecule has 6 rings (SSSR count). The van der Waals surface area contributed by atoms with E-state index in [-0.39, 0.29) is 12.1 Å². The van der Waals surface area contributed by atoms with Crippen LogP contribution in [0.25, 0.3) is 44.6 Å². The van der Waals surface area contributed by atoms with E-state index in [0.29, 0.717) is 48.5 Å². The zero-order valence-electron chi connectivity index (χ0n) is 36.7. The highest BCUT2D eigenvalue weighted by Gasteiger charge is 2.28. The lowest BCUT2D eigenvalue weighted by atomic mass is 10.1. The van der Waals surface area contributed by atoms with Gasteiger partial charge >= 0.3 is 0 Å². The van der Waals surface area contributed by atoms with Crippen LogP contribution in [-0.2, 0) is 83.2 Å². The molecule has 6 aromatic rings. The molecule has 0 bridgehead atoms. The molecule has 0 saturated heterocycles. The van der Waals surface area contributed by atoms with Gasteiger partial charge in [0.1, 0.15) is 44.9 Å². The van der Waals surface area contributed by atoms with Crippen molar-refractivity contribution in [2.45, 2.75) is 6.42 Å². The summed E-state index contributed by atoms with van der Waals surface area (Å²) in [7, 11) is -47.1. The molecule has 0 N–H and O–H groups in total. The highest BCUT2D eigenvalue weighted by Crippen LogP contribution is 2.43. The third-order valence-electron chi connectivity index (χ3n) is 8.53. The predicted octanol–water partition coefficient (Wildman–Crippen LogP) is -2.21. The number of rotatable bonds is 24. The van der Waals surface area contributed by atoms with Crippen molar-refractivity contribution in [2.75, 3.05) is 13.2 Å². The van der Waals surface area contributed by atoms with Gasteiger partial charge in [-0.15, -0.1) is 0 Å². The molecule has 38 nitrogen and oxygen atoms in total. The predicted molar refractivity (Wildman–Crippen MR) is 234 cm³/mol. The van der Waals surface area contributed by atoms with Crippen LogP contribution < -0.4 is 53.8 Å². The molecule has 79 heavy (non-hydrogen) atoms. The number of fused-ring (bicyclic) bond motifs is 2. The summed E-state index contributed by atoms with van der Waals surface area (Å²) in [6, 6.07) is 3.99. The van der Waals surface area contributed by atoms with E-state index in [0.717, 1.165) is 0 Å². The third kappa shape index (κ3) is 17.3. The van der Waals surface area contributed by atoms with Gasteiger partial charge in [-0.1, -0.05) is 0 Å². The topological polar surface area (TPSA) is 610 Å². The van der Waals surface area contributed by atoms with Gasteiger partial charge in [0, 0.05) is 41.8 Å². The van der Waals surface area contributed by atoms with Crippen LogP contribution in [-0.4, -0.2) is 117 Å². The van der Waals surface area contributed by atoms with E-state index in [1.165, 1.54) is 0 Å². The van der Waals surface area contributed by atoms with Crippen LogP contribution in [0, 0.1) is 0 Å². The lowest BCUT2D eigenvalue weighted by molar-refractivity contribution is 0.249. The van der Waals surface area contributed by atoms with E-state index in [1.54, 1.807) is 0 Å². The minimum absolute atomic E-state index is 0.237. The molecule has 0 amide bonds. The first-order chi connectivity index (χ1) is 35.9. The normalized spacial score (nSPS) is 12.9. The van der Waals surface area contributed by atoms with Gasteiger partial charge in [-0.25, -0.2) is 67.3 Å². The fraction of sp³-hybridized carbons (Fsp3) is 0.0909. The molecule has 0 radical (unpaired) electrons. The first-order valence-corrected chi connectivity index (χ1v) is 29.6. The van der Waals surface area contributed by atoms with Crippen LogP contribution in [0.1, 0.15) is 6.42 Å². The molecule has 0 spiro atoms. The Labute approximate surface area is 439 Å². The smallest absolute Gasteiger partial charge is 0.262 e. The van der Waals surface area contributed by atoms with Gasteiger partial charge in [0.05, 0.1) is 13.2 Å². The van der Waals surface area contributed by atoms with Crippen molar-refractivity contribution in [3.63, 3.8) is 0 Å². The Hall–Kier alpha value is -7.42. The molecule has 46 heteroatoms. The fourth-order valence-corrected chi connectivity index (χ4v) is 9.00. The minimum atomic E-state index is -6.09. The molecular formula is C33H16O38S8-8. The monoisotopic (exact) mass is 1280 g/mol. The molecule has 0 aliphatic carbocycles. The molecule has 432 valence electrons. The summed E-state index contributed by atoms with van der Waals surface area (Å²) in [5.74, 6) is -15.8. The molecule has 2 heterocycles. The summed E-state index contributed by atoms with van der Waals surface area (Å²) in [5, 5.41) is -2.10. The summed E-state index contributed by atoms with van der Waals surface area (Å²) in [6.07, 6.45) is -0.625. The third-order valence-corrected chi connectivity index (χ3v) is 11.6. The standard InChI is InChI=1S/C33H24O38S8/c34-28-26-22(10-16(64-72(36,37)38)12-24(26)62-30(32(28)70-78(54,55)56)14-2-4-18(66-74(42,43)44)20(8-14)68-76(48,49)50)60-6-1-7-61-23-11-17(65-73(39,40)41)13-25-27(23)29(35)33(71-79(57,58)59)31(63-25)15-3-5-19(67-75(45,46)47)21(9-15)69-77(51,52)53/h2-5,8-13H,1,6-7H2,(H,36,37,38)(H,39,40,41)(H,42,43,44)(H,45,46,47)(H,48,49,50)(H,51,52,53)(H,54,55,56)(H,57,58,59)/p-8. The zero-order chi connectivity index (χ0) is 59.2. The lowest BCUT2D eigenvalue weighted by Gasteiger charge is -2.18. The van der Waals surface area contributed by atoms with Gasteiger partial charge in [0.15, 0.2) is 34.5 Å². The number of hydrogen-bond acceptors (Lipinski definition) is 38. The van der Waals surface area contributed by atoms with Crippen molar-refractivity contribution in [1.29, 1.82) is 0 Å². The molecule has 0 fully saturated rings. The van der Waals surface area contributed by atoms with Crippen LogP contribution in [0.2, 0.25) is 0 Å². The van der Waals surface area contributed by atoms with Crippen LogP contribution in [0.3, 0.4) is 0 Å². The Morgan fingerprint density at radius 2 is 0.633 bits per heavy atom. The van der Waals surface area contributed by atoms with Gasteiger partial charge in [-0.05, 0) is 36.4 Å². The summed E-state index contributed by atoms with van der Waals surface area (Å²) in [5.41, 5.74) is -7.44. The summed E-state index contributed by atoms with van der Waals surface area (Å²) in [4.78, 5) is 28.0. The Morgan fingerprint density at radius 3 is 0.924 bits per heavy atom. The number of benzene rings is 4. The minimum Gasteiger partial charge on any atom is -0.716 e. The van der Waals surface area contributed by atoms with Crippen LogP contribution in [0.4, 0.5) is 0 Å². The average Bonchev–Trinajstić information content (AvgIpc) is 3.23. The van der Waals surface area contributed by atoms with Gasteiger partial charge in [-0.3, -0.25) is 9.59 Å². The van der Waals surface area contributed by atoms with E-state index in [4.69, 9.17) is 18.3 Å². The Bertz CT molecular complexity index is 4260. The highest BCUT2D eigenvalue weighted by atomic mass is 32.3. The molecule has 0 unspecified atom stereocenters. The molecule has 0 atom stereocenters. The number of ether oxygens (including phenoxy) is 2. The maximum atomic E-state index is 14.0. The zero-order valence-corrected chi connectivity index (χ0v) is 43.2. The maximum absolute atomic E-state index is 14.0. The largest absolute Gasteiger partial charge is 0.716 e. The maximum Gasteiger partial charge on any atom is 0.262 e. The van der Waals surface area contributed by atoms with E-state index in [2.05, 4.69) is 33.5 Å². The van der Waals surface area contributed by atoms with Crippen molar-refractivity contribution >= 4 is 105 Å². The second-order valence-corrected chi connectivity index (χ2v) is 21.9. The van der Waals surface area contributed by atoms with Crippen LogP contribution in [0.5, 0.6) is 57.5 Å². The van der Waals surface area contributed by atoms with E-state index in [1.807, 2.05) is 0 Å². The average molecular weight is 1280 g/mol. The van der Waals surface area contributed by atoms with Gasteiger partial charge in [0.25, 0.3) is 83.2 Å². The molecule has 0 saturated carbocycles. The SMILES string of the molecule is O=c1c(OS(=O)(=O)[O-])c(-c2ccc(OS(=O)(=O)[O-])c(OS(=O)(=O)[O-])c2)oc2cc(OS(=O)(=O)[O-])cc(OCCCOc3cc(OS(=O)(=O)[O-])cc4oc(-c5ccc(OS(=O)(=O)[O-])c(OS(=O)(=O)[O-])c5)c(OS(=O)(=O)[O-])c(=O)c34)c12. The first kappa shape index (κ1) is 60.8. The van der Waals surface area contributed by atoms with Crippen LogP contribution in [0.15, 0.2) is 79.1 Å². The molecule has 2 aromatic heterocycles. The fourth-order valence-electron chi connectivity index (χ4n) is 6.21. The second kappa shape index (κ2) is 21.7. The van der Waals surface area contributed by atoms with Crippen molar-refractivity contribution < 1.29 is 156 Å². The lowest BCUT2D eigenvalue weighted by Crippen LogP contribution is -2.17. The van der Waals surface area contributed by atoms with Crippen molar-refractivity contribution in [3.05, 3.63) is 81.1 Å². The summed E-state index contributed by atoms with van der Waals surface area (Å²) >= 11 is 0. The first-order valence-electron chi connectivity index (χ1n) is 19.0. The Morgan fingerprint density at radius 1 is 0.342 bits per heavy atom. The van der Waals surface area contributed by atoms with Gasteiger partial charge < -0.3 is 88.2 Å². The highest BCUT2D eigenvalue weighted by molar-refractivity contribution is 7.82. The molecule has 0 aliphatic heterocycles. The summed E-state index contributed by atoms with van der Waals surface area (Å²) < 4.78 is 332. The van der Waals surface area contributed by atoms with Crippen molar-refractivity contribution in [2.24, 2.45) is 0 Å². The van der Waals surface area contributed by atoms with E-state index >= 15 is 0 Å². The Kier molecular flexibility index (Phi) is 16.7. The van der Waals surface area contributed by atoms with Gasteiger partial charge in [0.2, 0.25) is 22.4 Å². The molecule has 4 aromatic carbocycles. The quantitative estimate of drug-likeness (QED) is 0.0352.